The van der Waals surface area contributed by atoms with Crippen LogP contribution < -0.4 is 5.32 Å². The number of anilines is 1. The second-order valence-corrected chi connectivity index (χ2v) is 5.92. The van der Waals surface area contributed by atoms with Crippen LogP contribution in [-0.2, 0) is 0 Å². The van der Waals surface area contributed by atoms with Gasteiger partial charge in [0.05, 0.1) is 21.6 Å². The molecule has 18 heavy (non-hydrogen) atoms. The summed E-state index contributed by atoms with van der Waals surface area (Å²) in [5.41, 5.74) is 2.66. The summed E-state index contributed by atoms with van der Waals surface area (Å²) in [4.78, 5) is 1.16. The number of hydrogen-bond acceptors (Lipinski definition) is 3. The molecule has 1 unspecified atom stereocenters. The van der Waals surface area contributed by atoms with E-state index in [1.807, 2.05) is 37.3 Å². The van der Waals surface area contributed by atoms with Crippen LogP contribution in [0, 0.1) is 18.3 Å². The summed E-state index contributed by atoms with van der Waals surface area (Å²) in [6.07, 6.45) is 0. The summed E-state index contributed by atoms with van der Waals surface area (Å²) in [5, 5.41) is 12.4. The average molecular weight is 277 g/mol. The van der Waals surface area contributed by atoms with Crippen LogP contribution in [0.25, 0.3) is 0 Å². The van der Waals surface area contributed by atoms with Gasteiger partial charge in [0, 0.05) is 4.88 Å². The quantitative estimate of drug-likeness (QED) is 0.878. The Bertz CT molecular complexity index is 598. The SMILES string of the molecule is Cc1ccc(C#N)c(NC(C)c2ccc(Cl)s2)c1. The molecule has 92 valence electrons. The number of nitrogens with zero attached hydrogens (tertiary/aromatic N) is 1. The summed E-state index contributed by atoms with van der Waals surface area (Å²) >= 11 is 7.48. The molecule has 0 aliphatic rings. The Labute approximate surface area is 116 Å². The summed E-state index contributed by atoms with van der Waals surface area (Å²) in [7, 11) is 0. The van der Waals surface area contributed by atoms with Gasteiger partial charge in [-0.3, -0.25) is 0 Å². The Morgan fingerprint density at radius 1 is 1.33 bits per heavy atom. The van der Waals surface area contributed by atoms with Gasteiger partial charge in [0.25, 0.3) is 0 Å². The molecule has 2 nitrogen and oxygen atoms in total. The fourth-order valence-electron chi connectivity index (χ4n) is 1.74. The standard InChI is InChI=1S/C14H13ClN2S/c1-9-3-4-11(8-16)12(7-9)17-10(2)13-5-6-14(15)18-13/h3-7,10,17H,1-2H3. The van der Waals surface area contributed by atoms with E-state index in [1.165, 1.54) is 0 Å². The van der Waals surface area contributed by atoms with Crippen LogP contribution in [0.2, 0.25) is 4.34 Å². The van der Waals surface area contributed by atoms with Crippen molar-refractivity contribution < 1.29 is 0 Å². The van der Waals surface area contributed by atoms with Crippen molar-refractivity contribution in [2.75, 3.05) is 5.32 Å². The lowest BCUT2D eigenvalue weighted by molar-refractivity contribution is 0.907. The molecule has 0 saturated carbocycles. The van der Waals surface area contributed by atoms with Crippen LogP contribution in [0.15, 0.2) is 30.3 Å². The third-order valence-corrected chi connectivity index (χ3v) is 4.10. The molecule has 1 heterocycles. The normalized spacial score (nSPS) is 11.9. The summed E-state index contributed by atoms with van der Waals surface area (Å²) in [6, 6.07) is 12.0. The predicted molar refractivity (Wildman–Crippen MR) is 77.3 cm³/mol. The molecule has 2 aromatic rings. The van der Waals surface area contributed by atoms with Gasteiger partial charge in [0.15, 0.2) is 0 Å². The average Bonchev–Trinajstić information content (AvgIpc) is 2.76. The molecule has 0 bridgehead atoms. The van der Waals surface area contributed by atoms with Crippen LogP contribution in [0.1, 0.15) is 29.0 Å². The van der Waals surface area contributed by atoms with E-state index in [9.17, 15) is 0 Å². The monoisotopic (exact) mass is 276 g/mol. The molecule has 0 saturated heterocycles. The van der Waals surface area contributed by atoms with Crippen LogP contribution in [0.3, 0.4) is 0 Å². The highest BCUT2D eigenvalue weighted by molar-refractivity contribution is 7.16. The van der Waals surface area contributed by atoms with Crippen molar-refractivity contribution in [1.29, 1.82) is 5.26 Å². The van der Waals surface area contributed by atoms with Gasteiger partial charge in [-0.2, -0.15) is 5.26 Å². The lowest BCUT2D eigenvalue weighted by atomic mass is 10.1. The fraction of sp³-hybridized carbons (Fsp3) is 0.214. The zero-order chi connectivity index (χ0) is 13.1. The van der Waals surface area contributed by atoms with E-state index >= 15 is 0 Å². The van der Waals surface area contributed by atoms with Crippen molar-refractivity contribution in [2.45, 2.75) is 19.9 Å². The lowest BCUT2D eigenvalue weighted by Crippen LogP contribution is -2.06. The Hall–Kier alpha value is -1.50. The number of halogens is 1. The van der Waals surface area contributed by atoms with Crippen molar-refractivity contribution in [3.8, 4) is 6.07 Å². The second kappa shape index (κ2) is 5.43. The molecule has 1 aromatic heterocycles. The Morgan fingerprint density at radius 3 is 2.72 bits per heavy atom. The van der Waals surface area contributed by atoms with Gasteiger partial charge in [0.2, 0.25) is 0 Å². The lowest BCUT2D eigenvalue weighted by Gasteiger charge is -2.15. The number of rotatable bonds is 3. The maximum atomic E-state index is 9.09. The third-order valence-electron chi connectivity index (χ3n) is 2.69. The van der Waals surface area contributed by atoms with E-state index < -0.39 is 0 Å². The van der Waals surface area contributed by atoms with Gasteiger partial charge in [-0.25, -0.2) is 0 Å². The first-order chi connectivity index (χ1) is 8.60. The van der Waals surface area contributed by atoms with Gasteiger partial charge in [-0.05, 0) is 43.7 Å². The van der Waals surface area contributed by atoms with Crippen molar-refractivity contribution >= 4 is 28.6 Å². The van der Waals surface area contributed by atoms with Crippen LogP contribution in [0.5, 0.6) is 0 Å². The van der Waals surface area contributed by atoms with Crippen molar-refractivity contribution in [3.63, 3.8) is 0 Å². The van der Waals surface area contributed by atoms with Crippen LogP contribution in [0.4, 0.5) is 5.69 Å². The Morgan fingerprint density at radius 2 is 2.11 bits per heavy atom. The molecule has 4 heteroatoms. The van der Waals surface area contributed by atoms with Gasteiger partial charge in [-0.1, -0.05) is 17.7 Å². The maximum Gasteiger partial charge on any atom is 0.101 e. The highest BCUT2D eigenvalue weighted by Gasteiger charge is 2.10. The van der Waals surface area contributed by atoms with E-state index in [2.05, 4.69) is 18.3 Å². The van der Waals surface area contributed by atoms with Crippen LogP contribution >= 0.6 is 22.9 Å². The van der Waals surface area contributed by atoms with E-state index in [0.717, 1.165) is 20.5 Å². The Balaban J connectivity index is 2.24. The van der Waals surface area contributed by atoms with Crippen molar-refractivity contribution in [3.05, 3.63) is 50.7 Å². The number of nitriles is 1. The predicted octanol–water partition coefficient (Wildman–Crippen LogP) is 4.75. The maximum absolute atomic E-state index is 9.09. The molecule has 0 aliphatic heterocycles. The molecule has 0 radical (unpaired) electrons. The molecule has 1 N–H and O–H groups in total. The molecule has 1 aromatic carbocycles. The van der Waals surface area contributed by atoms with Crippen LogP contribution in [-0.4, -0.2) is 0 Å². The number of thiophene rings is 1. The van der Waals surface area contributed by atoms with Gasteiger partial charge in [-0.15, -0.1) is 11.3 Å². The topological polar surface area (TPSA) is 35.8 Å². The Kier molecular flexibility index (Phi) is 3.90. The summed E-state index contributed by atoms with van der Waals surface area (Å²) in [5.74, 6) is 0. The minimum Gasteiger partial charge on any atom is -0.377 e. The first-order valence-corrected chi connectivity index (χ1v) is 6.82. The number of nitrogens with one attached hydrogen (secondary N) is 1. The number of aryl methyl sites for hydroxylation is 1. The zero-order valence-corrected chi connectivity index (χ0v) is 11.8. The molecule has 0 amide bonds. The molecule has 0 aliphatic carbocycles. The van der Waals surface area contributed by atoms with Crippen molar-refractivity contribution in [1.82, 2.24) is 0 Å². The largest absolute Gasteiger partial charge is 0.377 e. The summed E-state index contributed by atoms with van der Waals surface area (Å²) in [6.45, 7) is 4.07. The minimum atomic E-state index is 0.136. The number of benzene rings is 1. The van der Waals surface area contributed by atoms with Crippen molar-refractivity contribution in [2.24, 2.45) is 0 Å². The van der Waals surface area contributed by atoms with E-state index in [1.54, 1.807) is 11.3 Å². The molecule has 2 rings (SSSR count). The van der Waals surface area contributed by atoms with Gasteiger partial charge >= 0.3 is 0 Å². The highest BCUT2D eigenvalue weighted by atomic mass is 35.5. The molecule has 0 fully saturated rings. The minimum absolute atomic E-state index is 0.136. The molecule has 0 spiro atoms. The smallest absolute Gasteiger partial charge is 0.101 e. The molecule has 1 atom stereocenters. The first kappa shape index (κ1) is 12.9. The highest BCUT2D eigenvalue weighted by Crippen LogP contribution is 2.30. The third kappa shape index (κ3) is 2.84. The van der Waals surface area contributed by atoms with E-state index in [-0.39, 0.29) is 6.04 Å². The van der Waals surface area contributed by atoms with E-state index in [4.69, 9.17) is 16.9 Å². The summed E-state index contributed by atoms with van der Waals surface area (Å²) < 4.78 is 0.781. The van der Waals surface area contributed by atoms with Gasteiger partial charge < -0.3 is 5.32 Å². The second-order valence-electron chi connectivity index (χ2n) is 4.17. The fourth-order valence-corrected chi connectivity index (χ4v) is 2.80. The zero-order valence-electron chi connectivity index (χ0n) is 10.2. The molecular formula is C14H13ClN2S. The number of hydrogen-bond donors (Lipinski definition) is 1. The molecular weight excluding hydrogens is 264 g/mol. The first-order valence-electron chi connectivity index (χ1n) is 5.62. The van der Waals surface area contributed by atoms with Gasteiger partial charge in [0.1, 0.15) is 6.07 Å². The van der Waals surface area contributed by atoms with E-state index in [0.29, 0.717) is 5.56 Å².